The van der Waals surface area contributed by atoms with E-state index in [2.05, 4.69) is 10.1 Å². The summed E-state index contributed by atoms with van der Waals surface area (Å²) in [7, 11) is 1.81. The smallest absolute Gasteiger partial charge is 0.272 e. The molecule has 0 radical (unpaired) electrons. The maximum absolute atomic E-state index is 12.9. The van der Waals surface area contributed by atoms with Gasteiger partial charge >= 0.3 is 0 Å². The molecule has 3 heterocycles. The number of rotatable bonds is 4. The Balaban J connectivity index is 1.44. The van der Waals surface area contributed by atoms with Gasteiger partial charge in [-0.15, -0.1) is 0 Å². The summed E-state index contributed by atoms with van der Waals surface area (Å²) in [6.45, 7) is 3.21. The summed E-state index contributed by atoms with van der Waals surface area (Å²) in [5, 5.41) is 4.50. The van der Waals surface area contributed by atoms with Gasteiger partial charge in [0, 0.05) is 37.8 Å². The molecule has 3 aromatic rings. The van der Waals surface area contributed by atoms with E-state index in [-0.39, 0.29) is 12.0 Å². The topological polar surface area (TPSA) is 60.2 Å². The summed E-state index contributed by atoms with van der Waals surface area (Å²) >= 11 is 0. The van der Waals surface area contributed by atoms with E-state index in [1.165, 1.54) is 0 Å². The van der Waals surface area contributed by atoms with Crippen molar-refractivity contribution in [2.24, 2.45) is 7.05 Å². The monoisotopic (exact) mass is 362 g/mol. The summed E-state index contributed by atoms with van der Waals surface area (Å²) in [4.78, 5) is 19.1. The van der Waals surface area contributed by atoms with E-state index in [9.17, 15) is 4.79 Å². The molecule has 0 bridgehead atoms. The normalized spacial score (nSPS) is 16.5. The Morgan fingerprint density at radius 1 is 1.19 bits per heavy atom. The third-order valence-corrected chi connectivity index (χ3v) is 4.77. The lowest BCUT2D eigenvalue weighted by atomic mass is 10.1. The molecule has 27 heavy (non-hydrogen) atoms. The number of carbonyl (C=O) groups excluding carboxylic acids is 1. The number of aryl methyl sites for hydroxylation is 2. The molecule has 4 rings (SSSR count). The predicted octanol–water partition coefficient (Wildman–Crippen LogP) is 3.08. The second-order valence-corrected chi connectivity index (χ2v) is 6.86. The van der Waals surface area contributed by atoms with Crippen molar-refractivity contribution in [3.63, 3.8) is 0 Å². The van der Waals surface area contributed by atoms with E-state index in [0.717, 1.165) is 23.2 Å². The lowest BCUT2D eigenvalue weighted by molar-refractivity contribution is 0.0760. The van der Waals surface area contributed by atoms with E-state index >= 15 is 0 Å². The first-order valence-corrected chi connectivity index (χ1v) is 9.08. The number of hydrogen-bond acceptors (Lipinski definition) is 4. The zero-order valence-corrected chi connectivity index (χ0v) is 15.5. The van der Waals surface area contributed by atoms with Crippen molar-refractivity contribution < 1.29 is 9.53 Å². The Morgan fingerprint density at radius 3 is 2.74 bits per heavy atom. The minimum absolute atomic E-state index is 0.0184. The number of amides is 1. The van der Waals surface area contributed by atoms with Gasteiger partial charge in [0.25, 0.3) is 5.91 Å². The summed E-state index contributed by atoms with van der Waals surface area (Å²) < 4.78 is 7.58. The highest BCUT2D eigenvalue weighted by Gasteiger charge is 2.30. The molecule has 1 aliphatic rings. The quantitative estimate of drug-likeness (QED) is 0.716. The molecule has 1 aromatic carbocycles. The second kappa shape index (κ2) is 7.23. The Hall–Kier alpha value is -3.15. The Labute approximate surface area is 158 Å². The van der Waals surface area contributed by atoms with Crippen molar-refractivity contribution in [3.05, 3.63) is 66.0 Å². The molecule has 0 N–H and O–H groups in total. The Kier molecular flexibility index (Phi) is 4.62. The third-order valence-electron chi connectivity index (χ3n) is 4.77. The van der Waals surface area contributed by atoms with Gasteiger partial charge < -0.3 is 9.64 Å². The average Bonchev–Trinajstić information content (AvgIpc) is 3.31. The molecule has 0 saturated carbocycles. The highest BCUT2D eigenvalue weighted by molar-refractivity contribution is 5.94. The molecule has 1 atom stereocenters. The van der Waals surface area contributed by atoms with Crippen molar-refractivity contribution >= 4 is 5.91 Å². The molecule has 1 fully saturated rings. The lowest BCUT2D eigenvalue weighted by Crippen LogP contribution is -2.32. The van der Waals surface area contributed by atoms with Gasteiger partial charge in [-0.05, 0) is 18.6 Å². The number of carbonyl (C=O) groups is 1. The zero-order valence-electron chi connectivity index (χ0n) is 15.5. The van der Waals surface area contributed by atoms with Gasteiger partial charge in [-0.3, -0.25) is 9.48 Å². The van der Waals surface area contributed by atoms with Crippen LogP contribution in [0.15, 0.2) is 54.7 Å². The van der Waals surface area contributed by atoms with E-state index < -0.39 is 0 Å². The van der Waals surface area contributed by atoms with Crippen molar-refractivity contribution in [2.75, 3.05) is 13.1 Å². The number of benzene rings is 1. The maximum atomic E-state index is 12.9. The standard InChI is InChI=1S/C21H22N4O2/c1-15-8-9-20(22-13-15)27-17-10-11-25(14-17)21(26)19-12-18(23-24(19)2)16-6-4-3-5-7-16/h3-9,12-13,17H,10-11,14H2,1-2H3. The molecule has 6 heteroatoms. The van der Waals surface area contributed by atoms with Crippen LogP contribution in [0.5, 0.6) is 5.88 Å². The van der Waals surface area contributed by atoms with Crippen LogP contribution in [0, 0.1) is 6.92 Å². The summed E-state index contributed by atoms with van der Waals surface area (Å²) in [5.74, 6) is 0.585. The molecule has 6 nitrogen and oxygen atoms in total. The zero-order chi connectivity index (χ0) is 18.8. The highest BCUT2D eigenvalue weighted by atomic mass is 16.5. The lowest BCUT2D eigenvalue weighted by Gasteiger charge is -2.17. The maximum Gasteiger partial charge on any atom is 0.272 e. The van der Waals surface area contributed by atoms with Crippen molar-refractivity contribution in [1.29, 1.82) is 0 Å². The minimum Gasteiger partial charge on any atom is -0.472 e. The number of hydrogen-bond donors (Lipinski definition) is 0. The number of likely N-dealkylation sites (tertiary alicyclic amines) is 1. The van der Waals surface area contributed by atoms with Crippen LogP contribution in [-0.4, -0.2) is 44.8 Å². The van der Waals surface area contributed by atoms with Crippen molar-refractivity contribution in [3.8, 4) is 17.1 Å². The molecule has 138 valence electrons. The molecule has 1 unspecified atom stereocenters. The van der Waals surface area contributed by atoms with Gasteiger partial charge in [-0.25, -0.2) is 4.98 Å². The van der Waals surface area contributed by atoms with E-state index in [4.69, 9.17) is 4.74 Å². The van der Waals surface area contributed by atoms with Gasteiger partial charge in [0.15, 0.2) is 0 Å². The van der Waals surface area contributed by atoms with Crippen LogP contribution in [0.4, 0.5) is 0 Å². The molecule has 1 aliphatic heterocycles. The first-order chi connectivity index (χ1) is 13.1. The molecule has 0 aliphatic carbocycles. The van der Waals surface area contributed by atoms with Crippen LogP contribution in [-0.2, 0) is 7.05 Å². The SMILES string of the molecule is Cc1ccc(OC2CCN(C(=O)c3cc(-c4ccccc4)nn3C)C2)nc1. The van der Waals surface area contributed by atoms with Gasteiger partial charge in [0.05, 0.1) is 12.2 Å². The number of aromatic nitrogens is 3. The molecule has 0 spiro atoms. The molecular formula is C21H22N4O2. The van der Waals surface area contributed by atoms with Crippen LogP contribution in [0.25, 0.3) is 11.3 Å². The first kappa shape index (κ1) is 17.3. The second-order valence-electron chi connectivity index (χ2n) is 6.86. The number of nitrogens with zero attached hydrogens (tertiary/aromatic N) is 4. The Morgan fingerprint density at radius 2 is 2.00 bits per heavy atom. The largest absolute Gasteiger partial charge is 0.472 e. The predicted molar refractivity (Wildman–Crippen MR) is 103 cm³/mol. The highest BCUT2D eigenvalue weighted by Crippen LogP contribution is 2.22. The van der Waals surface area contributed by atoms with Gasteiger partial charge in [0.2, 0.25) is 5.88 Å². The molecular weight excluding hydrogens is 340 g/mol. The van der Waals surface area contributed by atoms with Crippen LogP contribution in [0.1, 0.15) is 22.5 Å². The summed E-state index contributed by atoms with van der Waals surface area (Å²) in [6, 6.07) is 15.6. The van der Waals surface area contributed by atoms with Crippen LogP contribution in [0.2, 0.25) is 0 Å². The number of pyridine rings is 1. The minimum atomic E-state index is -0.0361. The average molecular weight is 362 g/mol. The number of ether oxygens (including phenoxy) is 1. The fourth-order valence-electron chi connectivity index (χ4n) is 3.28. The first-order valence-electron chi connectivity index (χ1n) is 9.08. The third kappa shape index (κ3) is 3.69. The van der Waals surface area contributed by atoms with E-state index in [1.807, 2.05) is 60.4 Å². The van der Waals surface area contributed by atoms with Gasteiger partial charge in [-0.2, -0.15) is 5.10 Å². The molecule has 1 amide bonds. The van der Waals surface area contributed by atoms with Crippen LogP contribution >= 0.6 is 0 Å². The summed E-state index contributed by atoms with van der Waals surface area (Å²) in [5.41, 5.74) is 3.48. The van der Waals surface area contributed by atoms with E-state index in [1.54, 1.807) is 17.9 Å². The fraction of sp³-hybridized carbons (Fsp3) is 0.286. The van der Waals surface area contributed by atoms with Crippen LogP contribution < -0.4 is 4.74 Å². The Bertz CT molecular complexity index is 935. The van der Waals surface area contributed by atoms with Crippen molar-refractivity contribution in [1.82, 2.24) is 19.7 Å². The fourth-order valence-corrected chi connectivity index (χ4v) is 3.28. The van der Waals surface area contributed by atoms with Crippen LogP contribution in [0.3, 0.4) is 0 Å². The van der Waals surface area contributed by atoms with Crippen molar-refractivity contribution in [2.45, 2.75) is 19.4 Å². The molecule has 2 aromatic heterocycles. The van der Waals surface area contributed by atoms with Gasteiger partial charge in [-0.1, -0.05) is 36.4 Å². The summed E-state index contributed by atoms with van der Waals surface area (Å²) in [6.07, 6.45) is 2.55. The van der Waals surface area contributed by atoms with Gasteiger partial charge in [0.1, 0.15) is 11.8 Å². The molecule has 1 saturated heterocycles. The van der Waals surface area contributed by atoms with E-state index in [0.29, 0.717) is 24.7 Å².